The Kier molecular flexibility index (Phi) is 3.65. The monoisotopic (exact) mass is 397 g/mol. The van der Waals surface area contributed by atoms with Crippen molar-refractivity contribution in [3.63, 3.8) is 0 Å². The molecule has 7 heteroatoms. The highest BCUT2D eigenvalue weighted by Crippen LogP contribution is 2.39. The van der Waals surface area contributed by atoms with Gasteiger partial charge in [-0.05, 0) is 18.2 Å². The first kappa shape index (κ1) is 15.6. The van der Waals surface area contributed by atoms with Crippen molar-refractivity contribution >= 4 is 50.5 Å². The van der Waals surface area contributed by atoms with Crippen molar-refractivity contribution in [1.29, 1.82) is 0 Å². The van der Waals surface area contributed by atoms with Crippen LogP contribution in [0, 0.1) is 0 Å². The summed E-state index contributed by atoms with van der Waals surface area (Å²) in [6, 6.07) is 13.0. The van der Waals surface area contributed by atoms with E-state index in [0.717, 1.165) is 21.3 Å². The van der Waals surface area contributed by atoms with Crippen LogP contribution in [0.5, 0.6) is 0 Å². The number of hydrogen-bond donors (Lipinski definition) is 2. The van der Waals surface area contributed by atoms with Gasteiger partial charge in [-0.25, -0.2) is 4.79 Å². The molecule has 0 bridgehead atoms. The van der Waals surface area contributed by atoms with Gasteiger partial charge in [-0.2, -0.15) is 0 Å². The largest absolute Gasteiger partial charge is 0.352 e. The van der Waals surface area contributed by atoms with Crippen LogP contribution in [0.3, 0.4) is 0 Å². The van der Waals surface area contributed by atoms with Crippen LogP contribution in [0.2, 0.25) is 0 Å². The maximum atomic E-state index is 12.6. The van der Waals surface area contributed by atoms with Crippen LogP contribution in [-0.4, -0.2) is 17.6 Å². The first-order valence-corrected chi connectivity index (χ1v) is 8.32. The van der Waals surface area contributed by atoms with Crippen molar-refractivity contribution in [1.82, 2.24) is 0 Å². The molecule has 0 aromatic heterocycles. The van der Waals surface area contributed by atoms with Crippen LogP contribution >= 0.6 is 15.9 Å². The molecule has 2 aromatic rings. The van der Waals surface area contributed by atoms with Gasteiger partial charge in [-0.3, -0.25) is 4.79 Å². The minimum atomic E-state index is -0.526. The van der Waals surface area contributed by atoms with E-state index in [0.29, 0.717) is 22.7 Å². The Morgan fingerprint density at radius 3 is 2.68 bits per heavy atom. The predicted molar refractivity (Wildman–Crippen MR) is 98.1 cm³/mol. The van der Waals surface area contributed by atoms with Crippen LogP contribution in [-0.2, 0) is 14.4 Å². The number of benzene rings is 2. The Morgan fingerprint density at radius 1 is 1.08 bits per heavy atom. The second-order valence-electron chi connectivity index (χ2n) is 5.59. The third kappa shape index (κ3) is 2.62. The minimum absolute atomic E-state index is 0.237. The van der Waals surface area contributed by atoms with E-state index in [9.17, 15) is 9.59 Å². The molecule has 6 nitrogen and oxygen atoms in total. The van der Waals surface area contributed by atoms with Crippen LogP contribution in [0.25, 0.3) is 5.57 Å². The lowest BCUT2D eigenvalue weighted by atomic mass is 10.0. The summed E-state index contributed by atoms with van der Waals surface area (Å²) in [6.45, 7) is 1.28. The number of carbonyl (C=O) groups excluding carboxylic acids is 2. The molecular weight excluding hydrogens is 386 g/mol. The summed E-state index contributed by atoms with van der Waals surface area (Å²) in [5, 5.41) is 10.0. The highest BCUT2D eigenvalue weighted by atomic mass is 79.9. The third-order valence-corrected chi connectivity index (χ3v) is 4.41. The maximum absolute atomic E-state index is 12.6. The molecule has 2 aliphatic rings. The van der Waals surface area contributed by atoms with Crippen molar-refractivity contribution in [2.75, 3.05) is 10.6 Å². The van der Waals surface area contributed by atoms with Gasteiger partial charge in [0.25, 0.3) is 5.91 Å². The Labute approximate surface area is 151 Å². The number of allylic oxidation sites excluding steroid dienone is 1. The number of para-hydroxylation sites is 1. The maximum Gasteiger partial charge on any atom is 0.332 e. The highest BCUT2D eigenvalue weighted by molar-refractivity contribution is 9.10. The van der Waals surface area contributed by atoms with Gasteiger partial charge in [0.1, 0.15) is 5.71 Å². The molecule has 0 saturated heterocycles. The number of nitrogens with zero attached hydrogens (tertiary/aromatic N) is 1. The number of rotatable bonds is 1. The number of fused-ring (bicyclic) bond motifs is 2. The van der Waals surface area contributed by atoms with Crippen LogP contribution in [0.1, 0.15) is 18.1 Å². The summed E-state index contributed by atoms with van der Waals surface area (Å²) >= 11 is 3.40. The Bertz CT molecular complexity index is 995. The second kappa shape index (κ2) is 5.86. The number of halogens is 1. The number of oxime groups is 1. The molecule has 0 atom stereocenters. The molecule has 0 spiro atoms. The van der Waals surface area contributed by atoms with E-state index in [1.54, 1.807) is 0 Å². The van der Waals surface area contributed by atoms with Crippen molar-refractivity contribution < 1.29 is 14.4 Å². The van der Waals surface area contributed by atoms with Crippen molar-refractivity contribution in [2.45, 2.75) is 6.92 Å². The van der Waals surface area contributed by atoms with Crippen molar-refractivity contribution in [3.05, 3.63) is 63.8 Å². The molecule has 0 aliphatic carbocycles. The molecule has 2 N–H and O–H groups in total. The second-order valence-corrected chi connectivity index (χ2v) is 6.50. The Hall–Kier alpha value is -2.93. The summed E-state index contributed by atoms with van der Waals surface area (Å²) < 4.78 is 0.870. The molecule has 0 saturated carbocycles. The van der Waals surface area contributed by atoms with Crippen molar-refractivity contribution in [2.24, 2.45) is 5.16 Å². The molecular formula is C18H12BrN3O3. The molecule has 2 aliphatic heterocycles. The van der Waals surface area contributed by atoms with E-state index in [-0.39, 0.29) is 5.91 Å². The van der Waals surface area contributed by atoms with Crippen LogP contribution < -0.4 is 10.6 Å². The molecule has 2 aromatic carbocycles. The van der Waals surface area contributed by atoms with Gasteiger partial charge in [0.2, 0.25) is 0 Å². The Morgan fingerprint density at radius 2 is 1.88 bits per heavy atom. The standard InChI is InChI=1S/C18H12BrN3O3/c1-9(23)25-22-16-12-4-2-3-5-13(12)20-17(16)15-11-7-6-10(19)8-14(11)21-18(15)24/h2-8,20H,1H3,(H,21,24)/b17-15-,22-16-. The highest BCUT2D eigenvalue weighted by Gasteiger charge is 2.34. The van der Waals surface area contributed by atoms with Gasteiger partial charge < -0.3 is 15.5 Å². The minimum Gasteiger partial charge on any atom is -0.352 e. The predicted octanol–water partition coefficient (Wildman–Crippen LogP) is 3.51. The molecule has 25 heavy (non-hydrogen) atoms. The molecule has 124 valence electrons. The van der Waals surface area contributed by atoms with E-state index in [4.69, 9.17) is 4.84 Å². The van der Waals surface area contributed by atoms with Gasteiger partial charge >= 0.3 is 5.97 Å². The SMILES string of the molecule is CC(=O)O/N=C1\C(=C2\C(=O)Nc3cc(Br)ccc32)Nc2ccccc21. The van der Waals surface area contributed by atoms with Gasteiger partial charge in [-0.15, -0.1) is 0 Å². The third-order valence-electron chi connectivity index (χ3n) is 3.92. The summed E-state index contributed by atoms with van der Waals surface area (Å²) in [5.41, 5.74) is 4.45. The van der Waals surface area contributed by atoms with Gasteiger partial charge in [0.15, 0.2) is 0 Å². The lowest BCUT2D eigenvalue weighted by molar-refractivity contribution is -0.140. The molecule has 0 radical (unpaired) electrons. The number of carbonyl (C=O) groups is 2. The first-order chi connectivity index (χ1) is 12.0. The van der Waals surface area contributed by atoms with Gasteiger partial charge in [0, 0.05) is 28.2 Å². The lowest BCUT2D eigenvalue weighted by Gasteiger charge is -2.06. The average molecular weight is 398 g/mol. The van der Waals surface area contributed by atoms with E-state index < -0.39 is 5.97 Å². The zero-order valence-electron chi connectivity index (χ0n) is 13.1. The van der Waals surface area contributed by atoms with Crippen LogP contribution in [0.15, 0.2) is 57.8 Å². The Balaban J connectivity index is 1.92. The zero-order valence-corrected chi connectivity index (χ0v) is 14.7. The summed E-state index contributed by atoms with van der Waals surface area (Å²) in [6.07, 6.45) is 0. The molecule has 2 heterocycles. The smallest absolute Gasteiger partial charge is 0.332 e. The van der Waals surface area contributed by atoms with Crippen LogP contribution in [0.4, 0.5) is 11.4 Å². The quantitative estimate of drug-likeness (QED) is 0.438. The summed E-state index contributed by atoms with van der Waals surface area (Å²) in [5.74, 6) is -0.764. The number of anilines is 2. The fourth-order valence-electron chi connectivity index (χ4n) is 2.91. The normalized spacial score (nSPS) is 19.3. The molecule has 0 fully saturated rings. The summed E-state index contributed by atoms with van der Waals surface area (Å²) in [7, 11) is 0. The van der Waals surface area contributed by atoms with Gasteiger partial charge in [0.05, 0.1) is 17.0 Å². The fourth-order valence-corrected chi connectivity index (χ4v) is 3.27. The van der Waals surface area contributed by atoms with Gasteiger partial charge in [-0.1, -0.05) is 45.4 Å². The number of hydrogen-bond acceptors (Lipinski definition) is 5. The number of amides is 1. The van der Waals surface area contributed by atoms with Crippen molar-refractivity contribution in [3.8, 4) is 0 Å². The van der Waals surface area contributed by atoms with E-state index >= 15 is 0 Å². The van der Waals surface area contributed by atoms with E-state index in [2.05, 4.69) is 31.7 Å². The van der Waals surface area contributed by atoms with E-state index in [1.807, 2.05) is 42.5 Å². The lowest BCUT2D eigenvalue weighted by Crippen LogP contribution is -2.13. The van der Waals surface area contributed by atoms with E-state index in [1.165, 1.54) is 6.92 Å². The first-order valence-electron chi connectivity index (χ1n) is 7.52. The topological polar surface area (TPSA) is 79.8 Å². The number of nitrogens with one attached hydrogen (secondary N) is 2. The summed E-state index contributed by atoms with van der Waals surface area (Å²) in [4.78, 5) is 28.6. The average Bonchev–Trinajstić information content (AvgIpc) is 3.08. The molecule has 1 amide bonds. The zero-order chi connectivity index (χ0) is 17.6. The molecule has 4 rings (SSSR count). The fraction of sp³-hybridized carbons (Fsp3) is 0.0556. The molecule has 0 unspecified atom stereocenters.